The summed E-state index contributed by atoms with van der Waals surface area (Å²) in [5, 5.41) is 3.03. The highest BCUT2D eigenvalue weighted by molar-refractivity contribution is 6.00. The predicted molar refractivity (Wildman–Crippen MR) is 92.5 cm³/mol. The van der Waals surface area contributed by atoms with Crippen molar-refractivity contribution in [3.63, 3.8) is 0 Å². The molecule has 0 radical (unpaired) electrons. The highest BCUT2D eigenvalue weighted by Gasteiger charge is 2.36. The first-order valence-corrected chi connectivity index (χ1v) is 8.35. The molecule has 0 aliphatic carbocycles. The van der Waals surface area contributed by atoms with E-state index in [4.69, 9.17) is 0 Å². The number of carbonyl (C=O) groups excluding carboxylic acids is 2. The van der Waals surface area contributed by atoms with Gasteiger partial charge in [0.1, 0.15) is 0 Å². The smallest absolute Gasteiger partial charge is 0.227 e. The Hall–Kier alpha value is -1.88. The minimum absolute atomic E-state index is 0.0357. The molecule has 0 saturated carbocycles. The Morgan fingerprint density at radius 1 is 1.35 bits per heavy atom. The van der Waals surface area contributed by atoms with Crippen LogP contribution in [-0.2, 0) is 16.0 Å². The van der Waals surface area contributed by atoms with E-state index in [0.717, 1.165) is 25.1 Å². The fourth-order valence-electron chi connectivity index (χ4n) is 2.96. The van der Waals surface area contributed by atoms with Crippen molar-refractivity contribution in [3.05, 3.63) is 29.8 Å². The highest BCUT2D eigenvalue weighted by atomic mass is 16.2. The third kappa shape index (κ3) is 4.32. The molecule has 126 valence electrons. The van der Waals surface area contributed by atoms with E-state index in [1.807, 2.05) is 19.2 Å². The highest BCUT2D eigenvalue weighted by Crippen LogP contribution is 2.26. The Labute approximate surface area is 138 Å². The van der Waals surface area contributed by atoms with Crippen molar-refractivity contribution >= 4 is 17.5 Å². The molecule has 1 heterocycles. The maximum Gasteiger partial charge on any atom is 0.227 e. The molecule has 0 aromatic heterocycles. The number of anilines is 1. The number of rotatable bonds is 7. The number of carbonyl (C=O) groups is 2. The number of amides is 2. The Kier molecular flexibility index (Phi) is 6.16. The lowest BCUT2D eigenvalue weighted by Gasteiger charge is -2.21. The Morgan fingerprint density at radius 3 is 2.65 bits per heavy atom. The lowest BCUT2D eigenvalue weighted by Crippen LogP contribution is -2.38. The maximum atomic E-state index is 12.4. The fourth-order valence-corrected chi connectivity index (χ4v) is 2.96. The second-order valence-corrected chi connectivity index (χ2v) is 6.19. The average Bonchev–Trinajstić information content (AvgIpc) is 2.94. The average molecular weight is 317 g/mol. The van der Waals surface area contributed by atoms with E-state index in [1.54, 1.807) is 16.8 Å². The molecule has 2 rings (SSSR count). The van der Waals surface area contributed by atoms with Gasteiger partial charge in [0, 0.05) is 38.8 Å². The summed E-state index contributed by atoms with van der Waals surface area (Å²) >= 11 is 0. The minimum atomic E-state index is -0.236. The van der Waals surface area contributed by atoms with Crippen LogP contribution in [0.15, 0.2) is 24.3 Å². The van der Waals surface area contributed by atoms with Crippen LogP contribution in [0.3, 0.4) is 0 Å². The topological polar surface area (TPSA) is 52.7 Å². The van der Waals surface area contributed by atoms with Crippen molar-refractivity contribution in [2.24, 2.45) is 5.92 Å². The monoisotopic (exact) mass is 317 g/mol. The van der Waals surface area contributed by atoms with Gasteiger partial charge in [-0.3, -0.25) is 9.59 Å². The summed E-state index contributed by atoms with van der Waals surface area (Å²) < 4.78 is 0. The molecule has 0 spiro atoms. The van der Waals surface area contributed by atoms with Crippen molar-refractivity contribution in [2.75, 3.05) is 38.6 Å². The largest absolute Gasteiger partial charge is 0.344 e. The third-order valence-corrected chi connectivity index (χ3v) is 4.33. The molecule has 1 atom stereocenters. The summed E-state index contributed by atoms with van der Waals surface area (Å²) in [6.45, 7) is 4.05. The number of hydrogen-bond acceptors (Lipinski definition) is 3. The van der Waals surface area contributed by atoms with Crippen molar-refractivity contribution in [3.8, 4) is 0 Å². The SMILES string of the molecule is CCCc1ccc(N2CC(C(=O)N(C)CCNC)CC2=O)cc1. The molecule has 23 heavy (non-hydrogen) atoms. The first-order valence-electron chi connectivity index (χ1n) is 8.35. The zero-order valence-corrected chi connectivity index (χ0v) is 14.3. The molecule has 1 N–H and O–H groups in total. The van der Waals surface area contributed by atoms with Crippen LogP contribution in [0, 0.1) is 5.92 Å². The van der Waals surface area contributed by atoms with Gasteiger partial charge in [-0.25, -0.2) is 0 Å². The first kappa shape index (κ1) is 17.5. The first-order chi connectivity index (χ1) is 11.1. The zero-order chi connectivity index (χ0) is 16.8. The maximum absolute atomic E-state index is 12.4. The van der Waals surface area contributed by atoms with Gasteiger partial charge in [-0.05, 0) is 31.2 Å². The summed E-state index contributed by atoms with van der Waals surface area (Å²) in [4.78, 5) is 28.2. The standard InChI is InChI=1S/C18H27N3O2/c1-4-5-14-6-8-16(9-7-14)21-13-15(12-17(21)22)18(23)20(3)11-10-19-2/h6-9,15,19H,4-5,10-13H2,1-3H3. The Balaban J connectivity index is 2.00. The van der Waals surface area contributed by atoms with Gasteiger partial charge in [-0.1, -0.05) is 25.5 Å². The van der Waals surface area contributed by atoms with E-state index < -0.39 is 0 Å². The van der Waals surface area contributed by atoms with Gasteiger partial charge in [0.25, 0.3) is 0 Å². The molecule has 1 fully saturated rings. The molecule has 1 aliphatic heterocycles. The quantitative estimate of drug-likeness (QED) is 0.832. The molecule has 1 unspecified atom stereocenters. The van der Waals surface area contributed by atoms with Crippen LogP contribution in [0.4, 0.5) is 5.69 Å². The van der Waals surface area contributed by atoms with Crippen molar-refractivity contribution < 1.29 is 9.59 Å². The predicted octanol–water partition coefficient (Wildman–Crippen LogP) is 1.67. The van der Waals surface area contributed by atoms with Crippen molar-refractivity contribution in [1.82, 2.24) is 10.2 Å². The normalized spacial score (nSPS) is 17.6. The van der Waals surface area contributed by atoms with Crippen LogP contribution in [0.5, 0.6) is 0 Å². The molecule has 5 nitrogen and oxygen atoms in total. The van der Waals surface area contributed by atoms with E-state index in [1.165, 1.54) is 5.56 Å². The fraction of sp³-hybridized carbons (Fsp3) is 0.556. The zero-order valence-electron chi connectivity index (χ0n) is 14.3. The third-order valence-electron chi connectivity index (χ3n) is 4.33. The molecule has 1 aliphatic rings. The van der Waals surface area contributed by atoms with Crippen molar-refractivity contribution in [1.29, 1.82) is 0 Å². The Morgan fingerprint density at radius 2 is 2.04 bits per heavy atom. The number of hydrogen-bond donors (Lipinski definition) is 1. The van der Waals surface area contributed by atoms with Gasteiger partial charge < -0.3 is 15.1 Å². The minimum Gasteiger partial charge on any atom is -0.344 e. The van der Waals surface area contributed by atoms with Gasteiger partial charge in [-0.15, -0.1) is 0 Å². The number of aryl methyl sites for hydroxylation is 1. The summed E-state index contributed by atoms with van der Waals surface area (Å²) in [5.41, 5.74) is 2.17. The van der Waals surface area contributed by atoms with Crippen LogP contribution < -0.4 is 10.2 Å². The van der Waals surface area contributed by atoms with Crippen LogP contribution in [0.25, 0.3) is 0 Å². The van der Waals surface area contributed by atoms with Gasteiger partial charge in [-0.2, -0.15) is 0 Å². The number of benzene rings is 1. The van der Waals surface area contributed by atoms with Crippen LogP contribution in [0.2, 0.25) is 0 Å². The molecule has 5 heteroatoms. The van der Waals surface area contributed by atoms with Gasteiger partial charge in [0.15, 0.2) is 0 Å². The second-order valence-electron chi connectivity index (χ2n) is 6.19. The van der Waals surface area contributed by atoms with Gasteiger partial charge in [0.05, 0.1) is 5.92 Å². The Bertz CT molecular complexity index is 542. The second kappa shape index (κ2) is 8.11. The summed E-state index contributed by atoms with van der Waals surface area (Å²) in [5.74, 6) is -0.146. The van der Waals surface area contributed by atoms with E-state index in [-0.39, 0.29) is 17.7 Å². The lowest BCUT2D eigenvalue weighted by molar-refractivity contribution is -0.134. The molecular formula is C18H27N3O2. The van der Waals surface area contributed by atoms with Crippen LogP contribution in [0.1, 0.15) is 25.3 Å². The van der Waals surface area contributed by atoms with E-state index in [9.17, 15) is 9.59 Å². The summed E-state index contributed by atoms with van der Waals surface area (Å²) in [6, 6.07) is 8.11. The number of nitrogens with zero attached hydrogens (tertiary/aromatic N) is 2. The van der Waals surface area contributed by atoms with E-state index >= 15 is 0 Å². The van der Waals surface area contributed by atoms with Crippen LogP contribution in [-0.4, -0.2) is 50.4 Å². The molecule has 2 amide bonds. The molecule has 1 saturated heterocycles. The van der Waals surface area contributed by atoms with E-state index in [2.05, 4.69) is 24.4 Å². The van der Waals surface area contributed by atoms with E-state index in [0.29, 0.717) is 19.5 Å². The summed E-state index contributed by atoms with van der Waals surface area (Å²) in [7, 11) is 3.66. The molecular weight excluding hydrogens is 290 g/mol. The summed E-state index contributed by atoms with van der Waals surface area (Å²) in [6.07, 6.45) is 2.46. The van der Waals surface area contributed by atoms with Crippen molar-refractivity contribution in [2.45, 2.75) is 26.2 Å². The molecule has 1 aromatic rings. The number of likely N-dealkylation sites (N-methyl/N-ethyl adjacent to an activating group) is 2. The molecule has 0 bridgehead atoms. The number of nitrogens with one attached hydrogen (secondary N) is 1. The van der Waals surface area contributed by atoms with Crippen LogP contribution >= 0.6 is 0 Å². The van der Waals surface area contributed by atoms with Gasteiger partial charge >= 0.3 is 0 Å². The van der Waals surface area contributed by atoms with Gasteiger partial charge in [0.2, 0.25) is 11.8 Å². The lowest BCUT2D eigenvalue weighted by atomic mass is 10.1. The molecule has 1 aromatic carbocycles.